The Morgan fingerprint density at radius 1 is 1.00 bits per heavy atom. The van der Waals surface area contributed by atoms with E-state index in [9.17, 15) is 13.2 Å². The SMILES string of the molecule is COCCCNC(=O)C1(c2ccc(NS(=O)(=O)c3ccc(C4CCCCC4)cc3)cc2)CC1. The van der Waals surface area contributed by atoms with E-state index in [2.05, 4.69) is 10.0 Å². The van der Waals surface area contributed by atoms with Crippen molar-refractivity contribution in [2.45, 2.75) is 67.6 Å². The van der Waals surface area contributed by atoms with Crippen LogP contribution in [0.3, 0.4) is 0 Å². The Labute approximate surface area is 197 Å². The molecule has 33 heavy (non-hydrogen) atoms. The molecule has 0 spiro atoms. The van der Waals surface area contributed by atoms with Crippen LogP contribution in [-0.4, -0.2) is 34.6 Å². The molecule has 0 atom stereocenters. The van der Waals surface area contributed by atoms with Crippen LogP contribution in [0, 0.1) is 0 Å². The summed E-state index contributed by atoms with van der Waals surface area (Å²) >= 11 is 0. The van der Waals surface area contributed by atoms with Crippen molar-refractivity contribution in [1.29, 1.82) is 0 Å². The molecule has 0 aromatic heterocycles. The zero-order chi connectivity index (χ0) is 23.3. The maximum absolute atomic E-state index is 12.9. The van der Waals surface area contributed by atoms with Crippen LogP contribution in [0.25, 0.3) is 0 Å². The molecular formula is C26H34N2O4S. The smallest absolute Gasteiger partial charge is 0.261 e. The topological polar surface area (TPSA) is 84.5 Å². The molecule has 7 heteroatoms. The summed E-state index contributed by atoms with van der Waals surface area (Å²) in [5.41, 5.74) is 2.16. The molecule has 2 N–H and O–H groups in total. The Kier molecular flexibility index (Phi) is 7.39. The predicted molar refractivity (Wildman–Crippen MR) is 130 cm³/mol. The van der Waals surface area contributed by atoms with Crippen LogP contribution in [0.5, 0.6) is 0 Å². The second-order valence-electron chi connectivity index (χ2n) is 9.27. The van der Waals surface area contributed by atoms with E-state index in [-0.39, 0.29) is 10.8 Å². The fraction of sp³-hybridized carbons (Fsp3) is 0.500. The van der Waals surface area contributed by atoms with Crippen LogP contribution in [0.15, 0.2) is 53.4 Å². The predicted octanol–water partition coefficient (Wildman–Crippen LogP) is 4.72. The fourth-order valence-corrected chi connectivity index (χ4v) is 5.84. The minimum atomic E-state index is -3.67. The molecule has 178 valence electrons. The van der Waals surface area contributed by atoms with Gasteiger partial charge in [0.25, 0.3) is 10.0 Å². The average molecular weight is 471 g/mol. The average Bonchev–Trinajstić information content (AvgIpc) is 3.65. The number of hydrogen-bond donors (Lipinski definition) is 2. The normalized spacial score (nSPS) is 18.0. The van der Waals surface area contributed by atoms with Crippen molar-refractivity contribution in [3.05, 3.63) is 59.7 Å². The molecule has 2 aliphatic carbocycles. The van der Waals surface area contributed by atoms with E-state index >= 15 is 0 Å². The van der Waals surface area contributed by atoms with Crippen LogP contribution in [0.2, 0.25) is 0 Å². The zero-order valence-electron chi connectivity index (χ0n) is 19.3. The first-order chi connectivity index (χ1) is 15.9. The number of carbonyl (C=O) groups excluding carboxylic acids is 1. The molecule has 0 unspecified atom stereocenters. The van der Waals surface area contributed by atoms with Gasteiger partial charge in [-0.1, -0.05) is 43.5 Å². The van der Waals surface area contributed by atoms with Gasteiger partial charge in [0.05, 0.1) is 10.3 Å². The standard InChI is InChI=1S/C26H34N2O4S/c1-32-19-5-18-27-25(29)26(16-17-26)22-10-12-23(13-11-22)28-33(30,31)24-14-8-21(9-15-24)20-6-3-2-4-7-20/h8-15,20,28H,2-7,16-19H2,1H3,(H,27,29). The number of ether oxygens (including phenoxy) is 1. The maximum atomic E-state index is 12.9. The molecule has 2 saturated carbocycles. The Hall–Kier alpha value is -2.38. The first-order valence-electron chi connectivity index (χ1n) is 12.0. The second kappa shape index (κ2) is 10.3. The minimum Gasteiger partial charge on any atom is -0.385 e. The summed E-state index contributed by atoms with van der Waals surface area (Å²) in [6, 6.07) is 14.5. The molecule has 0 radical (unpaired) electrons. The number of methoxy groups -OCH3 is 1. The highest BCUT2D eigenvalue weighted by molar-refractivity contribution is 7.92. The first-order valence-corrected chi connectivity index (χ1v) is 13.4. The summed E-state index contributed by atoms with van der Waals surface area (Å²) in [6.07, 6.45) is 8.56. The van der Waals surface area contributed by atoms with Gasteiger partial charge in [-0.05, 0) is 73.4 Å². The quantitative estimate of drug-likeness (QED) is 0.492. The molecule has 1 amide bonds. The van der Waals surface area contributed by atoms with Crippen LogP contribution >= 0.6 is 0 Å². The molecule has 0 bridgehead atoms. The molecular weight excluding hydrogens is 436 g/mol. The largest absolute Gasteiger partial charge is 0.385 e. The van der Waals surface area contributed by atoms with E-state index < -0.39 is 15.4 Å². The second-order valence-corrected chi connectivity index (χ2v) is 11.0. The molecule has 2 aliphatic rings. The number of amides is 1. The third kappa shape index (κ3) is 5.58. The van der Waals surface area contributed by atoms with Crippen LogP contribution in [-0.2, 0) is 25.0 Å². The summed E-state index contributed by atoms with van der Waals surface area (Å²) in [4.78, 5) is 12.9. The number of anilines is 1. The van der Waals surface area contributed by atoms with Gasteiger partial charge in [-0.25, -0.2) is 8.42 Å². The summed E-state index contributed by atoms with van der Waals surface area (Å²) in [7, 11) is -2.02. The van der Waals surface area contributed by atoms with E-state index in [0.29, 0.717) is 24.8 Å². The fourth-order valence-electron chi connectivity index (χ4n) is 4.79. The lowest BCUT2D eigenvalue weighted by Crippen LogP contribution is -2.35. The summed E-state index contributed by atoms with van der Waals surface area (Å²) < 4.78 is 33.4. The van der Waals surface area contributed by atoms with Gasteiger partial charge in [0, 0.05) is 25.9 Å². The van der Waals surface area contributed by atoms with Gasteiger partial charge in [-0.2, -0.15) is 0 Å². The summed E-state index contributed by atoms with van der Waals surface area (Å²) in [5, 5.41) is 2.99. The van der Waals surface area contributed by atoms with Gasteiger partial charge < -0.3 is 10.1 Å². The van der Waals surface area contributed by atoms with E-state index in [1.807, 2.05) is 24.3 Å². The van der Waals surface area contributed by atoms with E-state index in [1.165, 1.54) is 37.7 Å². The Balaban J connectivity index is 1.38. The zero-order valence-corrected chi connectivity index (χ0v) is 20.1. The third-order valence-corrected chi connectivity index (χ3v) is 8.35. The van der Waals surface area contributed by atoms with Crippen molar-refractivity contribution >= 4 is 21.6 Å². The van der Waals surface area contributed by atoms with Gasteiger partial charge in [0.2, 0.25) is 5.91 Å². The molecule has 2 fully saturated rings. The number of nitrogens with one attached hydrogen (secondary N) is 2. The van der Waals surface area contributed by atoms with Crippen LogP contribution < -0.4 is 10.0 Å². The van der Waals surface area contributed by atoms with Crippen LogP contribution in [0.1, 0.15) is 68.4 Å². The van der Waals surface area contributed by atoms with Gasteiger partial charge >= 0.3 is 0 Å². The molecule has 0 heterocycles. The monoisotopic (exact) mass is 470 g/mol. The van der Waals surface area contributed by atoms with Gasteiger partial charge in [-0.3, -0.25) is 9.52 Å². The molecule has 2 aromatic carbocycles. The van der Waals surface area contributed by atoms with Crippen molar-refractivity contribution in [1.82, 2.24) is 5.32 Å². The number of benzene rings is 2. The van der Waals surface area contributed by atoms with Crippen molar-refractivity contribution in [2.75, 3.05) is 25.0 Å². The lowest BCUT2D eigenvalue weighted by Gasteiger charge is -2.22. The number of carbonyl (C=O) groups is 1. The summed E-state index contributed by atoms with van der Waals surface area (Å²) in [5.74, 6) is 0.577. The molecule has 2 aromatic rings. The Morgan fingerprint density at radius 3 is 2.27 bits per heavy atom. The van der Waals surface area contributed by atoms with E-state index in [0.717, 1.165) is 24.8 Å². The van der Waals surface area contributed by atoms with Crippen molar-refractivity contribution in [3.63, 3.8) is 0 Å². The van der Waals surface area contributed by atoms with Crippen molar-refractivity contribution in [2.24, 2.45) is 0 Å². The lowest BCUT2D eigenvalue weighted by atomic mass is 9.84. The molecule has 4 rings (SSSR count). The Morgan fingerprint density at radius 2 is 1.67 bits per heavy atom. The maximum Gasteiger partial charge on any atom is 0.261 e. The van der Waals surface area contributed by atoms with Gasteiger partial charge in [0.15, 0.2) is 0 Å². The van der Waals surface area contributed by atoms with Crippen molar-refractivity contribution in [3.8, 4) is 0 Å². The highest BCUT2D eigenvalue weighted by Gasteiger charge is 2.51. The first kappa shape index (κ1) is 23.8. The highest BCUT2D eigenvalue weighted by Crippen LogP contribution is 2.48. The highest BCUT2D eigenvalue weighted by atomic mass is 32.2. The minimum absolute atomic E-state index is 0.0324. The summed E-state index contributed by atoms with van der Waals surface area (Å²) in [6.45, 7) is 1.21. The molecule has 0 saturated heterocycles. The van der Waals surface area contributed by atoms with E-state index in [4.69, 9.17) is 4.74 Å². The third-order valence-electron chi connectivity index (χ3n) is 6.95. The van der Waals surface area contributed by atoms with Gasteiger partial charge in [0.1, 0.15) is 0 Å². The van der Waals surface area contributed by atoms with E-state index in [1.54, 1.807) is 31.4 Å². The number of sulfonamides is 1. The van der Waals surface area contributed by atoms with Crippen LogP contribution in [0.4, 0.5) is 5.69 Å². The number of rotatable bonds is 10. The molecule has 6 nitrogen and oxygen atoms in total. The Bertz CT molecular complexity index is 1040. The number of hydrogen-bond acceptors (Lipinski definition) is 4. The lowest BCUT2D eigenvalue weighted by molar-refractivity contribution is -0.123. The molecule has 0 aliphatic heterocycles. The van der Waals surface area contributed by atoms with Crippen molar-refractivity contribution < 1.29 is 17.9 Å². The van der Waals surface area contributed by atoms with Gasteiger partial charge in [-0.15, -0.1) is 0 Å².